The number of hydrogen-bond donors (Lipinski definition) is 0. The summed E-state index contributed by atoms with van der Waals surface area (Å²) in [6, 6.07) is 3.44. The fraction of sp³-hybridized carbons (Fsp3) is 0.273. The zero-order valence-corrected chi connectivity index (χ0v) is 8.95. The van der Waals surface area contributed by atoms with Crippen molar-refractivity contribution in [3.05, 3.63) is 28.9 Å². The smallest absolute Gasteiger partial charge is 0.166 e. The van der Waals surface area contributed by atoms with Gasteiger partial charge in [0, 0.05) is 10.1 Å². The molecular weight excluding hydrogens is 199 g/mol. The Morgan fingerprint density at radius 2 is 2.29 bits per heavy atom. The second kappa shape index (κ2) is 3.58. The molecule has 0 saturated carbocycles. The predicted octanol–water partition coefficient (Wildman–Crippen LogP) is 3.75. The Hall–Kier alpha value is -1.09. The molecule has 0 spiro atoms. The number of thiophene rings is 1. The lowest BCUT2D eigenvalue weighted by atomic mass is 10.1. The quantitative estimate of drug-likeness (QED) is 0.733. The molecule has 1 heterocycles. The minimum absolute atomic E-state index is 0.268. The Bertz CT molecular complexity index is 462. The van der Waals surface area contributed by atoms with Crippen LogP contribution in [0.25, 0.3) is 10.1 Å². The minimum atomic E-state index is -0.268. The molecule has 0 aliphatic heterocycles. The van der Waals surface area contributed by atoms with Gasteiger partial charge >= 0.3 is 0 Å². The normalized spacial score (nSPS) is 10.8. The highest BCUT2D eigenvalue weighted by atomic mass is 32.1. The van der Waals surface area contributed by atoms with Crippen LogP contribution in [0.2, 0.25) is 0 Å². The second-order valence-electron chi connectivity index (χ2n) is 3.10. The molecule has 74 valence electrons. The maximum atomic E-state index is 13.5. The molecule has 0 fully saturated rings. The van der Waals surface area contributed by atoms with Crippen molar-refractivity contribution in [3.8, 4) is 5.75 Å². The van der Waals surface area contributed by atoms with Crippen LogP contribution in [-0.4, -0.2) is 6.61 Å². The van der Waals surface area contributed by atoms with Gasteiger partial charge in [-0.1, -0.05) is 0 Å². The van der Waals surface area contributed by atoms with Crippen LogP contribution in [0.15, 0.2) is 17.5 Å². The van der Waals surface area contributed by atoms with E-state index in [1.54, 1.807) is 11.3 Å². The number of halogens is 1. The van der Waals surface area contributed by atoms with Crippen LogP contribution in [0, 0.1) is 12.7 Å². The number of aryl methyl sites for hydroxylation is 1. The lowest BCUT2D eigenvalue weighted by molar-refractivity contribution is 0.326. The van der Waals surface area contributed by atoms with Crippen molar-refractivity contribution >= 4 is 21.4 Å². The van der Waals surface area contributed by atoms with Crippen molar-refractivity contribution in [3.63, 3.8) is 0 Å². The van der Waals surface area contributed by atoms with Crippen LogP contribution in [0.5, 0.6) is 5.75 Å². The van der Waals surface area contributed by atoms with Crippen molar-refractivity contribution in [2.45, 2.75) is 13.8 Å². The van der Waals surface area contributed by atoms with Crippen molar-refractivity contribution in [1.29, 1.82) is 0 Å². The first kappa shape index (κ1) is 9.46. The Labute approximate surface area is 86.1 Å². The molecule has 0 N–H and O–H groups in total. The highest BCUT2D eigenvalue weighted by Crippen LogP contribution is 2.34. The molecule has 3 heteroatoms. The number of hydrogen-bond acceptors (Lipinski definition) is 2. The summed E-state index contributed by atoms with van der Waals surface area (Å²) in [4.78, 5) is 0. The van der Waals surface area contributed by atoms with E-state index < -0.39 is 0 Å². The lowest BCUT2D eigenvalue weighted by Gasteiger charge is -2.07. The predicted molar refractivity (Wildman–Crippen MR) is 57.7 cm³/mol. The zero-order valence-electron chi connectivity index (χ0n) is 8.13. The van der Waals surface area contributed by atoms with Gasteiger partial charge in [0.1, 0.15) is 0 Å². The van der Waals surface area contributed by atoms with E-state index in [1.165, 1.54) is 6.07 Å². The van der Waals surface area contributed by atoms with Gasteiger partial charge in [-0.2, -0.15) is 0 Å². The first-order valence-corrected chi connectivity index (χ1v) is 5.41. The highest BCUT2D eigenvalue weighted by Gasteiger charge is 2.11. The molecule has 0 unspecified atom stereocenters. The maximum Gasteiger partial charge on any atom is 0.166 e. The molecule has 0 atom stereocenters. The lowest BCUT2D eigenvalue weighted by Crippen LogP contribution is -1.95. The molecule has 0 aliphatic carbocycles. The monoisotopic (exact) mass is 210 g/mol. The molecule has 0 saturated heterocycles. The van der Waals surface area contributed by atoms with Crippen LogP contribution < -0.4 is 4.74 Å². The van der Waals surface area contributed by atoms with Crippen LogP contribution in [-0.2, 0) is 0 Å². The Morgan fingerprint density at radius 1 is 1.50 bits per heavy atom. The molecular formula is C11H11FOS. The summed E-state index contributed by atoms with van der Waals surface area (Å²) in [7, 11) is 0. The second-order valence-corrected chi connectivity index (χ2v) is 4.02. The van der Waals surface area contributed by atoms with E-state index in [9.17, 15) is 4.39 Å². The van der Waals surface area contributed by atoms with Gasteiger partial charge in [-0.3, -0.25) is 0 Å². The van der Waals surface area contributed by atoms with E-state index in [0.717, 1.165) is 15.6 Å². The molecule has 1 nitrogen and oxygen atoms in total. The summed E-state index contributed by atoms with van der Waals surface area (Å²) in [5, 5.41) is 2.84. The van der Waals surface area contributed by atoms with Gasteiger partial charge in [0.25, 0.3) is 0 Å². The van der Waals surface area contributed by atoms with Gasteiger partial charge in [-0.15, -0.1) is 11.3 Å². The molecule has 1 aromatic heterocycles. The van der Waals surface area contributed by atoms with Crippen LogP contribution in [0.3, 0.4) is 0 Å². The first-order chi connectivity index (χ1) is 6.74. The van der Waals surface area contributed by atoms with Crippen LogP contribution in [0.1, 0.15) is 12.5 Å². The summed E-state index contributed by atoms with van der Waals surface area (Å²) >= 11 is 1.62. The van der Waals surface area contributed by atoms with Crippen molar-refractivity contribution in [2.24, 2.45) is 0 Å². The summed E-state index contributed by atoms with van der Waals surface area (Å²) in [5.41, 5.74) is 0.968. The van der Waals surface area contributed by atoms with Gasteiger partial charge in [0.05, 0.1) is 6.61 Å². The summed E-state index contributed by atoms with van der Waals surface area (Å²) in [6.45, 7) is 4.26. The number of rotatable bonds is 2. The SMILES string of the molecule is CCOc1c(F)cc(C)c2sccc12. The van der Waals surface area contributed by atoms with E-state index in [4.69, 9.17) is 4.74 Å². The molecule has 2 rings (SSSR count). The minimum Gasteiger partial charge on any atom is -0.490 e. The number of fused-ring (bicyclic) bond motifs is 1. The summed E-state index contributed by atoms with van der Waals surface area (Å²) in [5.74, 6) is 0.115. The molecule has 14 heavy (non-hydrogen) atoms. The molecule has 0 bridgehead atoms. The first-order valence-electron chi connectivity index (χ1n) is 4.53. The van der Waals surface area contributed by atoms with Crippen molar-refractivity contribution < 1.29 is 9.13 Å². The topological polar surface area (TPSA) is 9.23 Å². The fourth-order valence-electron chi connectivity index (χ4n) is 1.53. The number of benzene rings is 1. The van der Waals surface area contributed by atoms with Gasteiger partial charge in [0.15, 0.2) is 11.6 Å². The Balaban J connectivity index is 2.73. The zero-order chi connectivity index (χ0) is 10.1. The molecule has 0 amide bonds. The van der Waals surface area contributed by atoms with Gasteiger partial charge in [-0.05, 0) is 36.9 Å². The molecule has 1 aromatic carbocycles. The van der Waals surface area contributed by atoms with Gasteiger partial charge in [-0.25, -0.2) is 4.39 Å². The Kier molecular flexibility index (Phi) is 2.42. The fourth-order valence-corrected chi connectivity index (χ4v) is 2.41. The van der Waals surface area contributed by atoms with E-state index >= 15 is 0 Å². The number of ether oxygens (including phenoxy) is 1. The maximum absolute atomic E-state index is 13.5. The average Bonchev–Trinajstić information content (AvgIpc) is 2.60. The van der Waals surface area contributed by atoms with Gasteiger partial charge < -0.3 is 4.74 Å². The average molecular weight is 210 g/mol. The van der Waals surface area contributed by atoms with E-state index in [2.05, 4.69) is 0 Å². The highest BCUT2D eigenvalue weighted by molar-refractivity contribution is 7.17. The van der Waals surface area contributed by atoms with Gasteiger partial charge in [0.2, 0.25) is 0 Å². The van der Waals surface area contributed by atoms with Crippen molar-refractivity contribution in [2.75, 3.05) is 6.61 Å². The van der Waals surface area contributed by atoms with Crippen molar-refractivity contribution in [1.82, 2.24) is 0 Å². The largest absolute Gasteiger partial charge is 0.490 e. The third-order valence-corrected chi connectivity index (χ3v) is 3.17. The standard InChI is InChI=1S/C11H11FOS/c1-3-13-10-8-4-5-14-11(8)7(2)6-9(10)12/h4-6H,3H2,1-2H3. The third kappa shape index (κ3) is 1.38. The molecule has 0 aliphatic rings. The van der Waals surface area contributed by atoms with E-state index in [0.29, 0.717) is 12.4 Å². The van der Waals surface area contributed by atoms with Crippen LogP contribution in [0.4, 0.5) is 4.39 Å². The Morgan fingerprint density at radius 3 is 3.00 bits per heavy atom. The summed E-state index contributed by atoms with van der Waals surface area (Å²) < 4.78 is 19.9. The summed E-state index contributed by atoms with van der Waals surface area (Å²) in [6.07, 6.45) is 0. The van der Waals surface area contributed by atoms with E-state index in [-0.39, 0.29) is 5.82 Å². The third-order valence-electron chi connectivity index (χ3n) is 2.12. The molecule has 2 aromatic rings. The van der Waals surface area contributed by atoms with E-state index in [1.807, 2.05) is 25.3 Å². The molecule has 0 radical (unpaired) electrons. The van der Waals surface area contributed by atoms with Crippen LogP contribution >= 0.6 is 11.3 Å².